The van der Waals surface area contributed by atoms with Gasteiger partial charge in [0.05, 0.1) is 12.3 Å². The lowest BCUT2D eigenvalue weighted by Crippen LogP contribution is -2.26. The molecule has 0 aliphatic heterocycles. The second-order valence-corrected chi connectivity index (χ2v) is 5.50. The lowest BCUT2D eigenvalue weighted by Gasteiger charge is -2.06. The first-order chi connectivity index (χ1) is 11.7. The molecule has 0 saturated heterocycles. The molecule has 1 aromatic carbocycles. The van der Waals surface area contributed by atoms with Crippen LogP contribution in [-0.2, 0) is 6.61 Å². The monoisotopic (exact) mass is 325 g/mol. The second-order valence-electron chi connectivity index (χ2n) is 5.50. The molecule has 0 aliphatic rings. The highest BCUT2D eigenvalue weighted by atomic mass is 16.5. The standard InChI is InChI=1S/C18H19N3O3/c1-13-2-7-17-20-15(11-21(17)10-13)12-24-16-5-3-14(4-6-16)18(23)19-8-9-22/h2-7,10-11,22H,8-9,12H2,1H3,(H,19,23). The van der Waals surface area contributed by atoms with Gasteiger partial charge in [0, 0.05) is 24.5 Å². The van der Waals surface area contributed by atoms with Crippen LogP contribution in [0.15, 0.2) is 48.8 Å². The molecule has 6 heteroatoms. The number of pyridine rings is 1. The second kappa shape index (κ2) is 7.14. The van der Waals surface area contributed by atoms with Crippen molar-refractivity contribution in [1.82, 2.24) is 14.7 Å². The number of aromatic nitrogens is 2. The number of ether oxygens (including phenoxy) is 1. The third kappa shape index (κ3) is 3.72. The van der Waals surface area contributed by atoms with E-state index in [2.05, 4.69) is 10.3 Å². The zero-order valence-electron chi connectivity index (χ0n) is 13.4. The number of aliphatic hydroxyl groups is 1. The molecule has 24 heavy (non-hydrogen) atoms. The summed E-state index contributed by atoms with van der Waals surface area (Å²) in [5, 5.41) is 11.3. The van der Waals surface area contributed by atoms with E-state index in [0.717, 1.165) is 11.3 Å². The van der Waals surface area contributed by atoms with Crippen LogP contribution in [0.1, 0.15) is 21.6 Å². The first-order valence-electron chi connectivity index (χ1n) is 7.72. The number of nitrogens with one attached hydrogen (secondary N) is 1. The van der Waals surface area contributed by atoms with Crippen LogP contribution in [0.3, 0.4) is 0 Å². The van der Waals surface area contributed by atoms with Gasteiger partial charge in [0.15, 0.2) is 0 Å². The maximum atomic E-state index is 11.7. The van der Waals surface area contributed by atoms with Crippen LogP contribution in [-0.4, -0.2) is 33.6 Å². The summed E-state index contributed by atoms with van der Waals surface area (Å²) in [5.74, 6) is 0.452. The number of aryl methyl sites for hydroxylation is 1. The van der Waals surface area contributed by atoms with Crippen LogP contribution < -0.4 is 10.1 Å². The predicted octanol–water partition coefficient (Wildman–Crippen LogP) is 1.94. The Morgan fingerprint density at radius 2 is 2.00 bits per heavy atom. The van der Waals surface area contributed by atoms with E-state index in [0.29, 0.717) is 17.9 Å². The molecule has 0 unspecified atom stereocenters. The van der Waals surface area contributed by atoms with Crippen LogP contribution in [0.5, 0.6) is 5.75 Å². The van der Waals surface area contributed by atoms with Gasteiger partial charge in [0.25, 0.3) is 5.91 Å². The number of nitrogens with zero attached hydrogens (tertiary/aromatic N) is 2. The van der Waals surface area contributed by atoms with Crippen LogP contribution in [0.2, 0.25) is 0 Å². The molecule has 0 spiro atoms. The largest absolute Gasteiger partial charge is 0.487 e. The van der Waals surface area contributed by atoms with E-state index in [1.165, 1.54) is 5.56 Å². The van der Waals surface area contributed by atoms with Crippen molar-refractivity contribution >= 4 is 11.6 Å². The van der Waals surface area contributed by atoms with Crippen LogP contribution in [0.4, 0.5) is 0 Å². The number of hydrogen-bond acceptors (Lipinski definition) is 4. The molecule has 2 heterocycles. The van der Waals surface area contributed by atoms with Crippen molar-refractivity contribution in [2.24, 2.45) is 0 Å². The fourth-order valence-corrected chi connectivity index (χ4v) is 2.36. The molecule has 0 aliphatic carbocycles. The van der Waals surface area contributed by atoms with Crippen LogP contribution >= 0.6 is 0 Å². The van der Waals surface area contributed by atoms with E-state index in [1.807, 2.05) is 35.9 Å². The topological polar surface area (TPSA) is 75.9 Å². The highest BCUT2D eigenvalue weighted by Crippen LogP contribution is 2.15. The van der Waals surface area contributed by atoms with Crippen LogP contribution in [0.25, 0.3) is 5.65 Å². The molecule has 3 aromatic rings. The quantitative estimate of drug-likeness (QED) is 0.726. The Kier molecular flexibility index (Phi) is 4.77. The van der Waals surface area contributed by atoms with Gasteiger partial charge >= 0.3 is 0 Å². The van der Waals surface area contributed by atoms with Gasteiger partial charge in [-0.05, 0) is 42.8 Å². The minimum absolute atomic E-state index is 0.0779. The van der Waals surface area contributed by atoms with Gasteiger partial charge in [0.1, 0.15) is 18.0 Å². The summed E-state index contributed by atoms with van der Waals surface area (Å²) < 4.78 is 7.70. The molecule has 0 saturated carbocycles. The van der Waals surface area contributed by atoms with Crippen molar-refractivity contribution in [3.63, 3.8) is 0 Å². The Morgan fingerprint density at radius 3 is 2.75 bits per heavy atom. The Morgan fingerprint density at radius 1 is 1.21 bits per heavy atom. The maximum Gasteiger partial charge on any atom is 0.251 e. The minimum atomic E-state index is -0.216. The van der Waals surface area contributed by atoms with Gasteiger partial charge in [-0.15, -0.1) is 0 Å². The van der Waals surface area contributed by atoms with Crippen molar-refractivity contribution < 1.29 is 14.6 Å². The van der Waals surface area contributed by atoms with E-state index in [-0.39, 0.29) is 19.1 Å². The molecule has 124 valence electrons. The highest BCUT2D eigenvalue weighted by molar-refractivity contribution is 5.94. The van der Waals surface area contributed by atoms with E-state index in [1.54, 1.807) is 24.3 Å². The Hall–Kier alpha value is -2.86. The van der Waals surface area contributed by atoms with Crippen molar-refractivity contribution in [1.29, 1.82) is 0 Å². The molecule has 2 N–H and O–H groups in total. The summed E-state index contributed by atoms with van der Waals surface area (Å²) in [4.78, 5) is 16.2. The smallest absolute Gasteiger partial charge is 0.251 e. The van der Waals surface area contributed by atoms with Gasteiger partial charge in [0.2, 0.25) is 0 Å². The molecule has 2 aromatic heterocycles. The number of hydrogen-bond donors (Lipinski definition) is 2. The molecule has 0 atom stereocenters. The summed E-state index contributed by atoms with van der Waals surface area (Å²) in [7, 11) is 0. The molecule has 6 nitrogen and oxygen atoms in total. The lowest BCUT2D eigenvalue weighted by atomic mass is 10.2. The van der Waals surface area contributed by atoms with Crippen molar-refractivity contribution in [2.75, 3.05) is 13.2 Å². The van der Waals surface area contributed by atoms with E-state index < -0.39 is 0 Å². The average molecular weight is 325 g/mol. The number of amides is 1. The number of benzene rings is 1. The number of aliphatic hydroxyl groups excluding tert-OH is 1. The van der Waals surface area contributed by atoms with Crippen molar-refractivity contribution in [2.45, 2.75) is 13.5 Å². The predicted molar refractivity (Wildman–Crippen MR) is 90.1 cm³/mol. The number of carbonyl (C=O) groups is 1. The third-order valence-corrected chi connectivity index (χ3v) is 3.55. The summed E-state index contributed by atoms with van der Waals surface area (Å²) in [5.41, 5.74) is 3.42. The Labute approximate surface area is 139 Å². The fraction of sp³-hybridized carbons (Fsp3) is 0.222. The Bertz CT molecular complexity index is 840. The van der Waals surface area contributed by atoms with E-state index >= 15 is 0 Å². The third-order valence-electron chi connectivity index (χ3n) is 3.55. The van der Waals surface area contributed by atoms with Crippen molar-refractivity contribution in [3.8, 4) is 5.75 Å². The maximum absolute atomic E-state index is 11.7. The van der Waals surface area contributed by atoms with Crippen LogP contribution in [0, 0.1) is 6.92 Å². The average Bonchev–Trinajstić information content (AvgIpc) is 3.00. The molecular weight excluding hydrogens is 306 g/mol. The van der Waals surface area contributed by atoms with Gasteiger partial charge in [-0.2, -0.15) is 0 Å². The SMILES string of the molecule is Cc1ccc2nc(COc3ccc(C(=O)NCCO)cc3)cn2c1. The molecule has 3 rings (SSSR count). The van der Waals surface area contributed by atoms with Crippen molar-refractivity contribution in [3.05, 3.63) is 65.6 Å². The highest BCUT2D eigenvalue weighted by Gasteiger charge is 2.06. The molecule has 0 radical (unpaired) electrons. The van der Waals surface area contributed by atoms with Gasteiger partial charge in [-0.25, -0.2) is 4.98 Å². The zero-order valence-corrected chi connectivity index (χ0v) is 13.4. The number of carbonyl (C=O) groups excluding carboxylic acids is 1. The van der Waals surface area contributed by atoms with Gasteiger partial charge in [-0.1, -0.05) is 6.07 Å². The summed E-state index contributed by atoms with van der Waals surface area (Å²) in [6, 6.07) is 10.9. The number of rotatable bonds is 6. The fourth-order valence-electron chi connectivity index (χ4n) is 2.36. The zero-order chi connectivity index (χ0) is 16.9. The molecule has 0 fully saturated rings. The molecule has 1 amide bonds. The van der Waals surface area contributed by atoms with Gasteiger partial charge < -0.3 is 19.6 Å². The Balaban J connectivity index is 1.62. The minimum Gasteiger partial charge on any atom is -0.487 e. The first-order valence-corrected chi connectivity index (χ1v) is 7.72. The van der Waals surface area contributed by atoms with E-state index in [4.69, 9.17) is 9.84 Å². The lowest BCUT2D eigenvalue weighted by molar-refractivity contribution is 0.0944. The summed E-state index contributed by atoms with van der Waals surface area (Å²) in [6.07, 6.45) is 3.96. The van der Waals surface area contributed by atoms with E-state index in [9.17, 15) is 4.79 Å². The normalized spacial score (nSPS) is 10.8. The molecule has 0 bridgehead atoms. The number of fused-ring (bicyclic) bond motifs is 1. The number of imidazole rings is 1. The van der Waals surface area contributed by atoms with Gasteiger partial charge in [-0.3, -0.25) is 4.79 Å². The summed E-state index contributed by atoms with van der Waals surface area (Å²) >= 11 is 0. The summed E-state index contributed by atoms with van der Waals surface area (Å²) in [6.45, 7) is 2.56. The first kappa shape index (κ1) is 16.0. The molecular formula is C18H19N3O3.